The Kier molecular flexibility index (Phi) is 72.3. The normalized spacial score (nSPS) is 5.40. The smallest absolute Gasteiger partial charge is 0.907 e. The zero-order valence-corrected chi connectivity index (χ0v) is 12.5. The number of rotatable bonds is 0. The van der Waals surface area contributed by atoms with E-state index < -0.39 is 22.0 Å². The van der Waals surface area contributed by atoms with Crippen molar-refractivity contribution in [3.63, 3.8) is 0 Å². The zero-order chi connectivity index (χ0) is 10.7. The molecule has 15 heteroatoms. The maximum Gasteiger partial charge on any atom is 3.00 e. The van der Waals surface area contributed by atoms with Crippen molar-refractivity contribution in [3.8, 4) is 0 Å². The van der Waals surface area contributed by atoms with Crippen LogP contribution in [0, 0.1) is 36.9 Å². The Hall–Kier alpha value is 2.70. The number of hydrogen-bond acceptors (Lipinski definition) is 9. The van der Waals surface area contributed by atoms with Crippen LogP contribution >= 0.6 is 0 Å². The van der Waals surface area contributed by atoms with Gasteiger partial charge in [-0.2, -0.15) is 0 Å². The molecule has 0 aliphatic heterocycles. The minimum Gasteiger partial charge on any atom is -0.907 e. The van der Waals surface area contributed by atoms with E-state index in [1.54, 1.807) is 0 Å². The minimum absolute atomic E-state index is 0. The SMILES string of the molecule is [Al+3].[Lu+3].[O-]B([O-])[O-].[O-]B([O-])[O-].[O-]B([O-])[O-].[Y+3]. The molecule has 0 atom stereocenters. The van der Waals surface area contributed by atoms with Gasteiger partial charge < -0.3 is 45.2 Å². The van der Waals surface area contributed by atoms with E-state index in [0.717, 1.165) is 0 Å². The second-order valence-corrected chi connectivity index (χ2v) is 0.866. The molecule has 0 fully saturated rings. The maximum atomic E-state index is 8.42. The van der Waals surface area contributed by atoms with Crippen molar-refractivity contribution in [2.24, 2.45) is 0 Å². The molecule has 0 amide bonds. The van der Waals surface area contributed by atoms with E-state index in [2.05, 4.69) is 0 Å². The van der Waals surface area contributed by atoms with Crippen molar-refractivity contribution in [3.05, 3.63) is 0 Å². The van der Waals surface area contributed by atoms with E-state index >= 15 is 0 Å². The molecule has 84 valence electrons. The first-order valence-electron chi connectivity index (χ1n) is 2.12. The Morgan fingerprint density at radius 2 is 0.467 bits per heavy atom. The molecule has 0 spiro atoms. The summed E-state index contributed by atoms with van der Waals surface area (Å²) >= 11 is 0. The van der Waals surface area contributed by atoms with E-state index in [1.807, 2.05) is 0 Å². The zero-order valence-electron chi connectivity index (χ0n) is 6.82. The van der Waals surface area contributed by atoms with Gasteiger partial charge in [0, 0.05) is 0 Å². The van der Waals surface area contributed by atoms with Crippen molar-refractivity contribution >= 4 is 39.3 Å². The molecule has 15 heavy (non-hydrogen) atoms. The summed E-state index contributed by atoms with van der Waals surface area (Å²) in [5, 5.41) is 75.8. The molecule has 0 aromatic rings. The van der Waals surface area contributed by atoms with Crippen LogP contribution in [-0.2, 0) is 32.7 Å². The summed E-state index contributed by atoms with van der Waals surface area (Å²) in [5.74, 6) is 0. The molecule has 0 aromatic heterocycles. The van der Waals surface area contributed by atoms with Crippen LogP contribution in [0.5, 0.6) is 0 Å². The molecule has 0 aliphatic carbocycles. The molecule has 0 saturated carbocycles. The van der Waals surface area contributed by atoms with Crippen LogP contribution in [0.1, 0.15) is 0 Å². The maximum absolute atomic E-state index is 8.42. The first kappa shape index (κ1) is 36.1. The standard InChI is InChI=1S/Al.3BO3.Lu.Y/c;3*2-1(3)4;;/q+3;3*-3;2*+3. The monoisotopic (exact) mass is 468 g/mol. The Bertz CT molecular complexity index is 53.8. The van der Waals surface area contributed by atoms with Gasteiger partial charge in [0.15, 0.2) is 0 Å². The summed E-state index contributed by atoms with van der Waals surface area (Å²) < 4.78 is 0. The predicted octanol–water partition coefficient (Wildman–Crippen LogP) is -12.2. The van der Waals surface area contributed by atoms with E-state index in [1.165, 1.54) is 0 Å². The molecule has 0 heterocycles. The minimum atomic E-state index is -2.92. The second kappa shape index (κ2) is 30.1. The number of hydrogen-bond donors (Lipinski definition) is 0. The third-order valence-electron chi connectivity index (χ3n) is 0. The third kappa shape index (κ3) is 494. The quantitative estimate of drug-likeness (QED) is 0.309. The molecular weight excluding hydrogens is 467 g/mol. The summed E-state index contributed by atoms with van der Waals surface area (Å²) in [4.78, 5) is 0. The van der Waals surface area contributed by atoms with Gasteiger partial charge in [0.25, 0.3) is 0 Å². The van der Waals surface area contributed by atoms with Gasteiger partial charge in [0.1, 0.15) is 0 Å². The molecule has 0 rings (SSSR count). The van der Waals surface area contributed by atoms with Crippen LogP contribution < -0.4 is 45.2 Å². The van der Waals surface area contributed by atoms with Crippen LogP contribution in [0.4, 0.5) is 0 Å². The van der Waals surface area contributed by atoms with Gasteiger partial charge in [-0.05, 0) is 0 Å². The molecule has 0 saturated heterocycles. The molecular formula is AlB3LuO9Y. The fraction of sp³-hybridized carbons (Fsp3) is 0. The van der Waals surface area contributed by atoms with Crippen LogP contribution in [-0.4, -0.2) is 39.3 Å². The van der Waals surface area contributed by atoms with Crippen molar-refractivity contribution < 1.29 is 115 Å². The van der Waals surface area contributed by atoms with Crippen molar-refractivity contribution in [1.29, 1.82) is 0 Å². The molecule has 9 nitrogen and oxygen atoms in total. The van der Waals surface area contributed by atoms with E-state index in [4.69, 9.17) is 45.2 Å². The summed E-state index contributed by atoms with van der Waals surface area (Å²) in [6, 6.07) is 0. The van der Waals surface area contributed by atoms with Crippen LogP contribution in [0.2, 0.25) is 0 Å². The Morgan fingerprint density at radius 1 is 0.467 bits per heavy atom. The Labute approximate surface area is 152 Å². The first-order chi connectivity index (χ1) is 5.20. The third-order valence-corrected chi connectivity index (χ3v) is 0. The van der Waals surface area contributed by atoms with E-state index in [9.17, 15) is 0 Å². The molecule has 0 unspecified atom stereocenters. The predicted molar refractivity (Wildman–Crippen MR) is 23.0 cm³/mol. The van der Waals surface area contributed by atoms with Gasteiger partial charge in [0.05, 0.1) is 0 Å². The summed E-state index contributed by atoms with van der Waals surface area (Å²) in [5.41, 5.74) is 0. The summed E-state index contributed by atoms with van der Waals surface area (Å²) in [6.45, 7) is 0. The van der Waals surface area contributed by atoms with Crippen LogP contribution in [0.25, 0.3) is 0 Å². The van der Waals surface area contributed by atoms with E-state index in [0.29, 0.717) is 0 Å². The van der Waals surface area contributed by atoms with Crippen molar-refractivity contribution in [2.75, 3.05) is 0 Å². The average Bonchev–Trinajstić information content (AvgIpc) is 1.54. The van der Waals surface area contributed by atoms with Crippen molar-refractivity contribution in [2.45, 2.75) is 0 Å². The molecule has 0 radical (unpaired) electrons. The molecule has 0 aliphatic rings. The van der Waals surface area contributed by atoms with Crippen LogP contribution in [0.3, 0.4) is 0 Å². The second-order valence-electron chi connectivity index (χ2n) is 0.866. The summed E-state index contributed by atoms with van der Waals surface area (Å²) in [6.07, 6.45) is 0. The molecule has 0 aromatic carbocycles. The fourth-order valence-corrected chi connectivity index (χ4v) is 0. The summed E-state index contributed by atoms with van der Waals surface area (Å²) in [7, 11) is -8.75. The Balaban J connectivity index is -0.0000000184. The first-order valence-corrected chi connectivity index (χ1v) is 2.12. The Morgan fingerprint density at radius 3 is 0.467 bits per heavy atom. The average molecular weight is 467 g/mol. The van der Waals surface area contributed by atoms with Gasteiger partial charge >= 0.3 is 86.9 Å². The van der Waals surface area contributed by atoms with Gasteiger partial charge in [-0.3, -0.25) is 22.0 Å². The van der Waals surface area contributed by atoms with Gasteiger partial charge in [0.2, 0.25) is 0 Å². The van der Waals surface area contributed by atoms with E-state index in [-0.39, 0.29) is 86.9 Å². The van der Waals surface area contributed by atoms with Gasteiger partial charge in [-0.1, -0.05) is 0 Å². The van der Waals surface area contributed by atoms with Crippen molar-refractivity contribution in [1.82, 2.24) is 0 Å². The molecule has 0 N–H and O–H groups in total. The van der Waals surface area contributed by atoms with Crippen LogP contribution in [0.15, 0.2) is 0 Å². The fourth-order valence-electron chi connectivity index (χ4n) is 0. The molecule has 0 bridgehead atoms. The topological polar surface area (TPSA) is 208 Å². The largest absolute Gasteiger partial charge is 3.00 e. The van der Waals surface area contributed by atoms with Gasteiger partial charge in [-0.25, -0.2) is 0 Å². The van der Waals surface area contributed by atoms with Gasteiger partial charge in [-0.15, -0.1) is 0 Å².